The molecule has 0 bridgehead atoms. The molecule has 0 heterocycles. The van der Waals surface area contributed by atoms with Crippen molar-refractivity contribution in [3.05, 3.63) is 0 Å². The summed E-state index contributed by atoms with van der Waals surface area (Å²) in [5, 5.41) is 0. The lowest BCUT2D eigenvalue weighted by Gasteiger charge is -1.88. The fourth-order valence-electron chi connectivity index (χ4n) is 0.120. The van der Waals surface area contributed by atoms with E-state index in [1.165, 1.54) is 0 Å². The van der Waals surface area contributed by atoms with Crippen molar-refractivity contribution in [1.29, 1.82) is 0 Å². The summed E-state index contributed by atoms with van der Waals surface area (Å²) in [5.74, 6) is 0. The lowest BCUT2D eigenvalue weighted by molar-refractivity contribution is 0.261. The van der Waals surface area contributed by atoms with E-state index in [0.29, 0.717) is 0 Å². The monoisotopic (exact) mass is 175 g/mol. The SMILES string of the molecule is CO[P+](=O)OP(=O)(O)O. The van der Waals surface area contributed by atoms with Gasteiger partial charge in [-0.05, 0) is 4.31 Å². The largest absolute Gasteiger partial charge is 0.708 e. The fourth-order valence-corrected chi connectivity index (χ4v) is 1.08. The van der Waals surface area contributed by atoms with Gasteiger partial charge >= 0.3 is 16.1 Å². The average Bonchev–Trinajstić information content (AvgIpc) is 1.62. The minimum absolute atomic E-state index is 1.01. The molecule has 0 rings (SSSR count). The highest BCUT2D eigenvalue weighted by Crippen LogP contribution is 2.47. The zero-order valence-electron chi connectivity index (χ0n) is 4.42. The van der Waals surface area contributed by atoms with E-state index in [9.17, 15) is 9.13 Å². The van der Waals surface area contributed by atoms with Gasteiger partial charge in [-0.25, -0.2) is 4.57 Å². The van der Waals surface area contributed by atoms with Crippen molar-refractivity contribution in [2.45, 2.75) is 0 Å². The summed E-state index contributed by atoms with van der Waals surface area (Å²) in [4.78, 5) is 15.9. The van der Waals surface area contributed by atoms with Crippen molar-refractivity contribution in [2.24, 2.45) is 0 Å². The van der Waals surface area contributed by atoms with Crippen LogP contribution in [0, 0.1) is 0 Å². The van der Waals surface area contributed by atoms with Crippen molar-refractivity contribution in [3.63, 3.8) is 0 Å². The van der Waals surface area contributed by atoms with E-state index in [1.54, 1.807) is 0 Å². The summed E-state index contributed by atoms with van der Waals surface area (Å²) in [6, 6.07) is 0. The van der Waals surface area contributed by atoms with Crippen LogP contribution in [-0.2, 0) is 18.0 Å². The van der Waals surface area contributed by atoms with Gasteiger partial charge in [0.15, 0.2) is 0 Å². The minimum atomic E-state index is -4.65. The molecule has 0 aliphatic heterocycles. The van der Waals surface area contributed by atoms with Crippen LogP contribution in [0.5, 0.6) is 0 Å². The highest BCUT2D eigenvalue weighted by Gasteiger charge is 2.32. The molecule has 0 aliphatic rings. The summed E-state index contributed by atoms with van der Waals surface area (Å²) < 4.78 is 27.3. The van der Waals surface area contributed by atoms with Crippen LogP contribution in [-0.4, -0.2) is 16.9 Å². The maximum Gasteiger partial charge on any atom is 0.708 e. The Morgan fingerprint density at radius 3 is 2.11 bits per heavy atom. The normalized spacial score (nSPS) is 13.4. The summed E-state index contributed by atoms with van der Waals surface area (Å²) in [7, 11) is -6.32. The second kappa shape index (κ2) is 3.37. The molecule has 8 heteroatoms. The first-order valence-electron chi connectivity index (χ1n) is 1.72. The van der Waals surface area contributed by atoms with E-state index in [0.717, 1.165) is 7.11 Å². The van der Waals surface area contributed by atoms with Gasteiger partial charge in [0.1, 0.15) is 0 Å². The number of phosphoric acid groups is 1. The van der Waals surface area contributed by atoms with Crippen LogP contribution >= 0.6 is 16.1 Å². The second-order valence-electron chi connectivity index (χ2n) is 0.978. The molecule has 0 amide bonds. The number of hydrogen-bond acceptors (Lipinski definition) is 4. The first-order valence-corrected chi connectivity index (χ1v) is 4.35. The minimum Gasteiger partial charge on any atom is -0.300 e. The molecule has 0 saturated carbocycles. The van der Waals surface area contributed by atoms with Crippen molar-refractivity contribution in [2.75, 3.05) is 7.11 Å². The van der Waals surface area contributed by atoms with Gasteiger partial charge in [-0.1, -0.05) is 0 Å². The van der Waals surface area contributed by atoms with Gasteiger partial charge < -0.3 is 9.79 Å². The van der Waals surface area contributed by atoms with Crippen LogP contribution in [0.4, 0.5) is 0 Å². The molecule has 1 unspecified atom stereocenters. The zero-order valence-corrected chi connectivity index (χ0v) is 6.21. The van der Waals surface area contributed by atoms with Gasteiger partial charge in [0.2, 0.25) is 0 Å². The van der Waals surface area contributed by atoms with E-state index in [4.69, 9.17) is 9.79 Å². The number of rotatable bonds is 3. The molecular weight excluding hydrogens is 170 g/mol. The molecule has 0 aliphatic carbocycles. The van der Waals surface area contributed by atoms with Crippen LogP contribution in [0.2, 0.25) is 0 Å². The van der Waals surface area contributed by atoms with Crippen molar-refractivity contribution in [1.82, 2.24) is 0 Å². The van der Waals surface area contributed by atoms with Gasteiger partial charge in [-0.2, -0.15) is 0 Å². The Balaban J connectivity index is 3.75. The van der Waals surface area contributed by atoms with Crippen LogP contribution in [0.15, 0.2) is 0 Å². The van der Waals surface area contributed by atoms with Gasteiger partial charge in [0, 0.05) is 4.57 Å². The van der Waals surface area contributed by atoms with Gasteiger partial charge in [-0.3, -0.25) is 0 Å². The third-order valence-corrected chi connectivity index (χ3v) is 2.00. The summed E-state index contributed by atoms with van der Waals surface area (Å²) in [5.41, 5.74) is 0. The summed E-state index contributed by atoms with van der Waals surface area (Å²) in [6.45, 7) is 0. The molecule has 0 saturated heterocycles. The maximum atomic E-state index is 10.0. The molecule has 0 aromatic rings. The molecule has 2 N–H and O–H groups in total. The maximum absolute atomic E-state index is 10.0. The molecule has 0 aromatic carbocycles. The highest BCUT2D eigenvalue weighted by atomic mass is 31.2. The molecule has 0 radical (unpaired) electrons. The van der Waals surface area contributed by atoms with Gasteiger partial charge in [0.05, 0.1) is 7.11 Å². The summed E-state index contributed by atoms with van der Waals surface area (Å²) in [6.07, 6.45) is 0. The third-order valence-electron chi connectivity index (χ3n) is 0.322. The van der Waals surface area contributed by atoms with Crippen LogP contribution < -0.4 is 0 Å². The lowest BCUT2D eigenvalue weighted by atomic mass is 11.8. The predicted molar refractivity (Wildman–Crippen MR) is 27.7 cm³/mol. The lowest BCUT2D eigenvalue weighted by Crippen LogP contribution is -1.78. The zero-order chi connectivity index (χ0) is 7.49. The second-order valence-corrected chi connectivity index (χ2v) is 3.43. The first kappa shape index (κ1) is 9.17. The van der Waals surface area contributed by atoms with E-state index in [1.807, 2.05) is 0 Å². The topological polar surface area (TPSA) is 93.1 Å². The van der Waals surface area contributed by atoms with E-state index >= 15 is 0 Å². The van der Waals surface area contributed by atoms with E-state index in [2.05, 4.69) is 8.83 Å². The standard InChI is InChI=1S/CH4O6P2/c1-6-8(2)7-9(3,4)5/h1H3,(H-,3,4,5)/p+1. The molecule has 9 heavy (non-hydrogen) atoms. The molecule has 0 spiro atoms. The molecular formula is CH5O6P2+. The van der Waals surface area contributed by atoms with Gasteiger partial charge in [-0.15, -0.1) is 4.52 Å². The third kappa shape index (κ3) is 6.05. The Labute approximate surface area is 52.0 Å². The van der Waals surface area contributed by atoms with Crippen LogP contribution in [0.25, 0.3) is 0 Å². The fraction of sp³-hybridized carbons (Fsp3) is 1.00. The highest BCUT2D eigenvalue weighted by molar-refractivity contribution is 7.55. The molecule has 1 atom stereocenters. The Hall–Kier alpha value is 0.170. The first-order chi connectivity index (χ1) is 3.95. The Morgan fingerprint density at radius 1 is 1.56 bits per heavy atom. The van der Waals surface area contributed by atoms with Crippen molar-refractivity contribution >= 4 is 16.1 Å². The Kier molecular flexibility index (Phi) is 3.43. The van der Waals surface area contributed by atoms with Crippen molar-refractivity contribution in [3.8, 4) is 0 Å². The quantitative estimate of drug-likeness (QED) is 0.603. The predicted octanol–water partition coefficient (Wildman–Crippen LogP) is 0.399. The Morgan fingerprint density at radius 2 is 2.00 bits per heavy atom. The molecule has 6 nitrogen and oxygen atoms in total. The Bertz CT molecular complexity index is 145. The molecule has 0 fully saturated rings. The van der Waals surface area contributed by atoms with E-state index in [-0.39, 0.29) is 0 Å². The molecule has 0 aromatic heterocycles. The van der Waals surface area contributed by atoms with Crippen LogP contribution in [0.3, 0.4) is 0 Å². The number of hydrogen-bond donors (Lipinski definition) is 2. The molecule has 54 valence electrons. The van der Waals surface area contributed by atoms with Gasteiger partial charge in [0.25, 0.3) is 0 Å². The smallest absolute Gasteiger partial charge is 0.300 e. The van der Waals surface area contributed by atoms with E-state index < -0.39 is 16.1 Å². The summed E-state index contributed by atoms with van der Waals surface area (Å²) >= 11 is 0. The van der Waals surface area contributed by atoms with Crippen LogP contribution in [0.1, 0.15) is 0 Å². The average molecular weight is 175 g/mol. The van der Waals surface area contributed by atoms with Crippen molar-refractivity contribution < 1.29 is 27.8 Å².